The highest BCUT2D eigenvalue weighted by Crippen LogP contribution is 2.48. The van der Waals surface area contributed by atoms with Gasteiger partial charge in [-0.3, -0.25) is 9.59 Å². The molecule has 2 aromatic carbocycles. The van der Waals surface area contributed by atoms with Crippen molar-refractivity contribution in [3.05, 3.63) is 52.5 Å². The van der Waals surface area contributed by atoms with Crippen LogP contribution in [0.25, 0.3) is 0 Å². The third-order valence-electron chi connectivity index (χ3n) is 4.15. The normalized spacial score (nSPS) is 14.5. The first-order valence-electron chi connectivity index (χ1n) is 7.67. The number of ether oxygens (including phenoxy) is 1. The highest BCUT2D eigenvalue weighted by Gasteiger charge is 2.56. The minimum Gasteiger partial charge on any atom is -0.497 e. The third-order valence-corrected chi connectivity index (χ3v) is 4.97. The number of carbonyl (C=O) groups is 2. The van der Waals surface area contributed by atoms with Crippen LogP contribution in [0.1, 0.15) is 12.8 Å². The molecule has 5 nitrogen and oxygen atoms in total. The van der Waals surface area contributed by atoms with E-state index in [1.807, 2.05) is 0 Å². The zero-order valence-electron chi connectivity index (χ0n) is 13.4. The fourth-order valence-corrected chi connectivity index (χ4v) is 2.82. The maximum Gasteiger partial charge on any atom is 0.240 e. The van der Waals surface area contributed by atoms with Crippen molar-refractivity contribution in [2.45, 2.75) is 12.8 Å². The highest BCUT2D eigenvalue weighted by atomic mass is 35.5. The minimum absolute atomic E-state index is 0.251. The van der Waals surface area contributed by atoms with Gasteiger partial charge in [-0.15, -0.1) is 0 Å². The lowest BCUT2D eigenvalue weighted by Gasteiger charge is -2.16. The maximum absolute atomic E-state index is 12.6. The summed E-state index contributed by atoms with van der Waals surface area (Å²) in [7, 11) is 1.55. The van der Waals surface area contributed by atoms with Crippen LogP contribution >= 0.6 is 23.2 Å². The Morgan fingerprint density at radius 3 is 2.40 bits per heavy atom. The summed E-state index contributed by atoms with van der Waals surface area (Å²) in [5.74, 6) is -0.119. The fraction of sp³-hybridized carbons (Fsp3) is 0.222. The van der Waals surface area contributed by atoms with E-state index in [9.17, 15) is 9.59 Å². The molecule has 1 aliphatic rings. The van der Waals surface area contributed by atoms with E-state index in [-0.39, 0.29) is 10.9 Å². The molecule has 25 heavy (non-hydrogen) atoms. The smallest absolute Gasteiger partial charge is 0.240 e. The molecule has 0 aromatic heterocycles. The van der Waals surface area contributed by atoms with Crippen LogP contribution in [0.2, 0.25) is 10.0 Å². The van der Waals surface area contributed by atoms with E-state index in [0.717, 1.165) is 0 Å². The summed E-state index contributed by atoms with van der Waals surface area (Å²) in [6.07, 6.45) is 0.958. The number of nitrogens with one attached hydrogen (secondary N) is 2. The lowest BCUT2D eigenvalue weighted by atomic mass is 10.0. The van der Waals surface area contributed by atoms with Crippen molar-refractivity contribution in [3.63, 3.8) is 0 Å². The number of carbonyl (C=O) groups excluding carboxylic acids is 2. The molecule has 0 atom stereocenters. The first-order chi connectivity index (χ1) is 12.0. The van der Waals surface area contributed by atoms with E-state index in [2.05, 4.69) is 10.6 Å². The van der Waals surface area contributed by atoms with Crippen LogP contribution in [-0.2, 0) is 9.59 Å². The molecule has 130 valence electrons. The van der Waals surface area contributed by atoms with Crippen molar-refractivity contribution in [3.8, 4) is 5.75 Å². The first kappa shape index (κ1) is 17.6. The topological polar surface area (TPSA) is 67.4 Å². The van der Waals surface area contributed by atoms with Crippen molar-refractivity contribution in [1.82, 2.24) is 0 Å². The van der Waals surface area contributed by atoms with Crippen molar-refractivity contribution in [2.75, 3.05) is 17.7 Å². The van der Waals surface area contributed by atoms with Gasteiger partial charge in [0.05, 0.1) is 22.8 Å². The van der Waals surface area contributed by atoms with Crippen molar-refractivity contribution in [2.24, 2.45) is 5.41 Å². The monoisotopic (exact) mass is 378 g/mol. The summed E-state index contributed by atoms with van der Waals surface area (Å²) in [4.78, 5) is 25.2. The van der Waals surface area contributed by atoms with E-state index >= 15 is 0 Å². The van der Waals surface area contributed by atoms with E-state index in [1.54, 1.807) is 49.6 Å². The fourth-order valence-electron chi connectivity index (χ4n) is 2.48. The molecule has 0 saturated heterocycles. The summed E-state index contributed by atoms with van der Waals surface area (Å²) in [5.41, 5.74) is -0.127. The van der Waals surface area contributed by atoms with Gasteiger partial charge in [0.2, 0.25) is 11.8 Å². The number of halogens is 2. The van der Waals surface area contributed by atoms with Gasteiger partial charge in [0.1, 0.15) is 11.2 Å². The zero-order valence-corrected chi connectivity index (χ0v) is 14.9. The first-order valence-corrected chi connectivity index (χ1v) is 8.43. The average Bonchev–Trinajstić information content (AvgIpc) is 3.41. The Balaban J connectivity index is 1.73. The Morgan fingerprint density at radius 2 is 1.72 bits per heavy atom. The molecule has 2 N–H and O–H groups in total. The van der Waals surface area contributed by atoms with Gasteiger partial charge in [0.25, 0.3) is 0 Å². The van der Waals surface area contributed by atoms with E-state index < -0.39 is 11.3 Å². The predicted octanol–water partition coefficient (Wildman–Crippen LogP) is 4.36. The van der Waals surface area contributed by atoms with Crippen LogP contribution in [-0.4, -0.2) is 18.9 Å². The van der Waals surface area contributed by atoms with Gasteiger partial charge in [-0.05, 0) is 37.1 Å². The molecule has 1 aliphatic carbocycles. The summed E-state index contributed by atoms with van der Waals surface area (Å²) in [6, 6.07) is 11.9. The summed E-state index contributed by atoms with van der Waals surface area (Å²) < 4.78 is 5.13. The van der Waals surface area contributed by atoms with Crippen molar-refractivity contribution in [1.29, 1.82) is 0 Å². The molecular formula is C18H16Cl2N2O3. The predicted molar refractivity (Wildman–Crippen MR) is 98.4 cm³/mol. The van der Waals surface area contributed by atoms with Gasteiger partial charge in [0.15, 0.2) is 0 Å². The van der Waals surface area contributed by atoms with Crippen LogP contribution in [0, 0.1) is 5.41 Å². The Hall–Kier alpha value is -2.24. The average molecular weight is 379 g/mol. The van der Waals surface area contributed by atoms with Gasteiger partial charge in [-0.25, -0.2) is 0 Å². The maximum atomic E-state index is 12.6. The van der Waals surface area contributed by atoms with Gasteiger partial charge >= 0.3 is 0 Å². The summed E-state index contributed by atoms with van der Waals surface area (Å²) in [6.45, 7) is 0. The molecule has 0 heterocycles. The molecule has 3 rings (SSSR count). The Bertz CT molecular complexity index is 835. The molecular weight excluding hydrogens is 363 g/mol. The molecule has 2 amide bonds. The van der Waals surface area contributed by atoms with Crippen molar-refractivity contribution >= 4 is 46.4 Å². The Morgan fingerprint density at radius 1 is 1.04 bits per heavy atom. The lowest BCUT2D eigenvalue weighted by Crippen LogP contribution is -2.35. The Kier molecular flexibility index (Phi) is 4.88. The van der Waals surface area contributed by atoms with Gasteiger partial charge < -0.3 is 15.4 Å². The SMILES string of the molecule is COc1cccc(NC(=O)C2(C(=O)Nc3cccc(Cl)c3Cl)CC2)c1. The lowest BCUT2D eigenvalue weighted by molar-refractivity contribution is -0.131. The number of methoxy groups -OCH3 is 1. The molecule has 1 saturated carbocycles. The quantitative estimate of drug-likeness (QED) is 0.759. The Labute approximate surface area is 155 Å². The van der Waals surface area contributed by atoms with Crippen LogP contribution in [0.3, 0.4) is 0 Å². The largest absolute Gasteiger partial charge is 0.497 e. The second kappa shape index (κ2) is 6.94. The molecule has 0 spiro atoms. The van der Waals surface area contributed by atoms with E-state index in [0.29, 0.717) is 35.0 Å². The highest BCUT2D eigenvalue weighted by molar-refractivity contribution is 6.44. The standard InChI is InChI=1S/C18H16Cl2N2O3/c1-25-12-5-2-4-11(10-12)21-16(23)18(8-9-18)17(24)22-14-7-3-6-13(19)15(14)20/h2-7,10H,8-9H2,1H3,(H,21,23)(H,22,24). The third kappa shape index (κ3) is 3.57. The number of rotatable bonds is 5. The molecule has 2 aromatic rings. The second-order valence-electron chi connectivity index (χ2n) is 5.82. The van der Waals surface area contributed by atoms with Crippen LogP contribution in [0.15, 0.2) is 42.5 Å². The molecule has 0 unspecified atom stereocenters. The van der Waals surface area contributed by atoms with Gasteiger partial charge in [-0.2, -0.15) is 0 Å². The minimum atomic E-state index is -1.09. The number of benzene rings is 2. The van der Waals surface area contributed by atoms with Crippen LogP contribution in [0.5, 0.6) is 5.75 Å². The molecule has 0 bridgehead atoms. The molecule has 7 heteroatoms. The van der Waals surface area contributed by atoms with Crippen molar-refractivity contribution < 1.29 is 14.3 Å². The van der Waals surface area contributed by atoms with Gasteiger partial charge in [-0.1, -0.05) is 35.3 Å². The number of amides is 2. The molecule has 0 radical (unpaired) electrons. The second-order valence-corrected chi connectivity index (χ2v) is 6.61. The van der Waals surface area contributed by atoms with Crippen LogP contribution < -0.4 is 15.4 Å². The molecule has 1 fully saturated rings. The van der Waals surface area contributed by atoms with Gasteiger partial charge in [0, 0.05) is 11.8 Å². The zero-order chi connectivity index (χ0) is 18.0. The number of hydrogen-bond donors (Lipinski definition) is 2. The van der Waals surface area contributed by atoms with Crippen LogP contribution in [0.4, 0.5) is 11.4 Å². The number of hydrogen-bond acceptors (Lipinski definition) is 3. The number of anilines is 2. The van der Waals surface area contributed by atoms with E-state index in [1.165, 1.54) is 0 Å². The van der Waals surface area contributed by atoms with E-state index in [4.69, 9.17) is 27.9 Å². The molecule has 0 aliphatic heterocycles. The summed E-state index contributed by atoms with van der Waals surface area (Å²) in [5, 5.41) is 6.06. The summed E-state index contributed by atoms with van der Waals surface area (Å²) >= 11 is 12.0.